The summed E-state index contributed by atoms with van der Waals surface area (Å²) in [7, 11) is 0. The molecule has 1 fully saturated rings. The van der Waals surface area contributed by atoms with Gasteiger partial charge in [-0.1, -0.05) is 0 Å². The number of aromatic amines is 1. The topological polar surface area (TPSA) is 136 Å². The Labute approximate surface area is 178 Å². The Bertz CT molecular complexity index is 1210. The summed E-state index contributed by atoms with van der Waals surface area (Å²) < 4.78 is 13.8. The van der Waals surface area contributed by atoms with Crippen LogP contribution < -0.4 is 21.8 Å². The van der Waals surface area contributed by atoms with Crippen LogP contribution in [0, 0.1) is 17.1 Å². The molecule has 10 heteroatoms. The Morgan fingerprint density at radius 3 is 2.87 bits per heavy atom. The van der Waals surface area contributed by atoms with Gasteiger partial charge in [0.25, 0.3) is 0 Å². The van der Waals surface area contributed by atoms with E-state index in [1.807, 2.05) is 13.0 Å². The van der Waals surface area contributed by atoms with Crippen molar-refractivity contribution in [3.63, 3.8) is 0 Å². The number of benzene rings is 1. The summed E-state index contributed by atoms with van der Waals surface area (Å²) in [5.74, 6) is -0.0911. The van der Waals surface area contributed by atoms with Gasteiger partial charge in [-0.05, 0) is 25.1 Å². The first kappa shape index (κ1) is 20.7. The molecule has 9 nitrogen and oxygen atoms in total. The lowest BCUT2D eigenvalue weighted by molar-refractivity contribution is 0.231. The largest absolute Gasteiger partial charge is 0.382 e. The van der Waals surface area contributed by atoms with Crippen molar-refractivity contribution in [1.29, 1.82) is 5.26 Å². The quantitative estimate of drug-likeness (QED) is 0.486. The van der Waals surface area contributed by atoms with Crippen LogP contribution in [0.5, 0.6) is 0 Å². The molecule has 0 bridgehead atoms. The van der Waals surface area contributed by atoms with Gasteiger partial charge < -0.3 is 21.4 Å². The van der Waals surface area contributed by atoms with E-state index in [1.165, 1.54) is 18.5 Å². The van der Waals surface area contributed by atoms with Crippen molar-refractivity contribution < 1.29 is 4.39 Å². The van der Waals surface area contributed by atoms with Crippen LogP contribution in [0.4, 0.5) is 16.0 Å². The number of nitrogen functional groups attached to an aromatic ring is 1. The average Bonchev–Trinajstić information content (AvgIpc) is 2.77. The minimum Gasteiger partial charge on any atom is -0.382 e. The molecule has 31 heavy (non-hydrogen) atoms. The van der Waals surface area contributed by atoms with Gasteiger partial charge >= 0.3 is 0 Å². The molecule has 0 amide bonds. The number of piperazine rings is 1. The molecule has 0 aliphatic carbocycles. The molecular weight excluding hydrogens is 399 g/mol. The number of nitrogens with one attached hydrogen (secondary N) is 3. The predicted octanol–water partition coefficient (Wildman–Crippen LogP) is 1.49. The third kappa shape index (κ3) is 4.19. The number of nitrogens with zero attached hydrogens (tertiary/aromatic N) is 4. The SMILES string of the molecule is C[C@H](Nc1ncnc(N)c1C#N)c1[nH]c2ccc(F)cc2c(=O)c1CN1CCNCC1. The Morgan fingerprint density at radius 2 is 2.13 bits per heavy atom. The zero-order valence-corrected chi connectivity index (χ0v) is 17.1. The van der Waals surface area contributed by atoms with E-state index in [-0.39, 0.29) is 22.6 Å². The first-order valence-corrected chi connectivity index (χ1v) is 10.0. The van der Waals surface area contributed by atoms with E-state index in [0.717, 1.165) is 26.2 Å². The maximum absolute atomic E-state index is 13.8. The number of pyridine rings is 1. The fourth-order valence-electron chi connectivity index (χ4n) is 3.83. The van der Waals surface area contributed by atoms with Gasteiger partial charge in [0.1, 0.15) is 35.4 Å². The zero-order chi connectivity index (χ0) is 22.0. The van der Waals surface area contributed by atoms with Gasteiger partial charge in [0.2, 0.25) is 0 Å². The summed E-state index contributed by atoms with van der Waals surface area (Å²) in [6.07, 6.45) is 1.28. The molecule has 1 saturated heterocycles. The van der Waals surface area contributed by atoms with Crippen molar-refractivity contribution in [3.8, 4) is 6.07 Å². The molecule has 3 heterocycles. The Morgan fingerprint density at radius 1 is 1.35 bits per heavy atom. The van der Waals surface area contributed by atoms with Gasteiger partial charge in [-0.3, -0.25) is 9.69 Å². The van der Waals surface area contributed by atoms with E-state index in [9.17, 15) is 14.4 Å². The number of nitrogens with two attached hydrogens (primary N) is 1. The van der Waals surface area contributed by atoms with Gasteiger partial charge in [-0.2, -0.15) is 5.26 Å². The normalized spacial score (nSPS) is 15.5. The second-order valence-electron chi connectivity index (χ2n) is 7.52. The molecular formula is C21H23FN8O. The van der Waals surface area contributed by atoms with Crippen molar-refractivity contribution in [3.05, 3.63) is 57.4 Å². The van der Waals surface area contributed by atoms with Crippen LogP contribution in [-0.4, -0.2) is 46.0 Å². The third-order valence-corrected chi connectivity index (χ3v) is 5.46. The van der Waals surface area contributed by atoms with Crippen LogP contribution in [0.25, 0.3) is 10.9 Å². The molecule has 160 valence electrons. The first-order chi connectivity index (χ1) is 15.0. The van der Waals surface area contributed by atoms with E-state index in [2.05, 4.69) is 30.5 Å². The van der Waals surface area contributed by atoms with Gasteiger partial charge in [0, 0.05) is 54.9 Å². The van der Waals surface area contributed by atoms with Crippen LogP contribution in [0.15, 0.2) is 29.3 Å². The van der Waals surface area contributed by atoms with E-state index in [4.69, 9.17) is 5.73 Å². The number of hydrogen-bond acceptors (Lipinski definition) is 8. The number of H-pyrrole nitrogens is 1. The van der Waals surface area contributed by atoms with E-state index in [0.29, 0.717) is 28.7 Å². The van der Waals surface area contributed by atoms with E-state index < -0.39 is 11.9 Å². The average molecular weight is 422 g/mol. The Balaban J connectivity index is 1.78. The monoisotopic (exact) mass is 422 g/mol. The Kier molecular flexibility index (Phi) is 5.79. The van der Waals surface area contributed by atoms with Crippen molar-refractivity contribution in [2.75, 3.05) is 37.2 Å². The number of fused-ring (bicyclic) bond motifs is 1. The van der Waals surface area contributed by atoms with Crippen molar-refractivity contribution in [2.45, 2.75) is 19.5 Å². The van der Waals surface area contributed by atoms with Crippen molar-refractivity contribution in [2.24, 2.45) is 0 Å². The van der Waals surface area contributed by atoms with Crippen LogP contribution in [0.3, 0.4) is 0 Å². The molecule has 2 aromatic heterocycles. The summed E-state index contributed by atoms with van der Waals surface area (Å²) in [4.78, 5) is 26.8. The highest BCUT2D eigenvalue weighted by Crippen LogP contribution is 2.25. The van der Waals surface area contributed by atoms with Gasteiger partial charge in [0.05, 0.1) is 6.04 Å². The molecule has 0 saturated carbocycles. The fourth-order valence-corrected chi connectivity index (χ4v) is 3.83. The second kappa shape index (κ2) is 8.67. The lowest BCUT2D eigenvalue weighted by Gasteiger charge is -2.28. The summed E-state index contributed by atoms with van der Waals surface area (Å²) in [6, 6.07) is 5.74. The standard InChI is InChI=1S/C21H23FN8O/c1-12(28-21-15(9-23)20(24)26-11-27-21)18-16(10-30-6-4-25-5-7-30)19(31)14-8-13(22)2-3-17(14)29-18/h2-3,8,11-12,25H,4-7,10H2,1H3,(H,29,31)(H3,24,26,27,28)/t12-/m0/s1. The van der Waals surface area contributed by atoms with E-state index in [1.54, 1.807) is 6.07 Å². The molecule has 3 aromatic rings. The minimum absolute atomic E-state index is 0.0794. The van der Waals surface area contributed by atoms with Crippen LogP contribution in [0.2, 0.25) is 0 Å². The minimum atomic E-state index is -0.458. The molecule has 4 rings (SSSR count). The van der Waals surface area contributed by atoms with Crippen molar-refractivity contribution in [1.82, 2.24) is 25.2 Å². The molecule has 1 atom stereocenters. The highest BCUT2D eigenvalue weighted by Gasteiger charge is 2.22. The van der Waals surface area contributed by atoms with Gasteiger partial charge in [0.15, 0.2) is 5.43 Å². The molecule has 1 aliphatic rings. The van der Waals surface area contributed by atoms with Crippen LogP contribution in [-0.2, 0) is 6.54 Å². The number of hydrogen-bond donors (Lipinski definition) is 4. The third-order valence-electron chi connectivity index (χ3n) is 5.46. The predicted molar refractivity (Wildman–Crippen MR) is 116 cm³/mol. The van der Waals surface area contributed by atoms with Gasteiger partial charge in [-0.25, -0.2) is 14.4 Å². The zero-order valence-electron chi connectivity index (χ0n) is 17.1. The number of nitriles is 1. The maximum atomic E-state index is 13.8. The van der Waals surface area contributed by atoms with Crippen LogP contribution in [0.1, 0.15) is 29.8 Å². The molecule has 1 aromatic carbocycles. The lowest BCUT2D eigenvalue weighted by Crippen LogP contribution is -2.44. The second-order valence-corrected chi connectivity index (χ2v) is 7.52. The van der Waals surface area contributed by atoms with E-state index >= 15 is 0 Å². The smallest absolute Gasteiger partial charge is 0.194 e. The summed E-state index contributed by atoms with van der Waals surface area (Å²) in [5, 5.41) is 16.2. The lowest BCUT2D eigenvalue weighted by atomic mass is 10.0. The molecule has 1 aliphatic heterocycles. The number of halogens is 1. The highest BCUT2D eigenvalue weighted by atomic mass is 19.1. The summed E-state index contributed by atoms with van der Waals surface area (Å²) in [6.45, 7) is 5.60. The van der Waals surface area contributed by atoms with Crippen molar-refractivity contribution >= 4 is 22.5 Å². The number of aromatic nitrogens is 3. The fraction of sp³-hybridized carbons (Fsp3) is 0.333. The maximum Gasteiger partial charge on any atom is 0.194 e. The number of rotatable bonds is 5. The first-order valence-electron chi connectivity index (χ1n) is 10.0. The molecule has 0 spiro atoms. The number of anilines is 2. The highest BCUT2D eigenvalue weighted by molar-refractivity contribution is 5.79. The molecule has 0 unspecified atom stereocenters. The molecule has 5 N–H and O–H groups in total. The Hall–Kier alpha value is -3.55. The molecule has 0 radical (unpaired) electrons. The van der Waals surface area contributed by atoms with Gasteiger partial charge in [-0.15, -0.1) is 0 Å². The van der Waals surface area contributed by atoms with Crippen LogP contribution >= 0.6 is 0 Å². The summed E-state index contributed by atoms with van der Waals surface area (Å²) in [5.41, 5.74) is 7.48. The summed E-state index contributed by atoms with van der Waals surface area (Å²) >= 11 is 0.